The maximum atomic E-state index is 4.47. The average Bonchev–Trinajstić information content (AvgIpc) is 3.05. The first-order chi connectivity index (χ1) is 10.9. The van der Waals surface area contributed by atoms with Gasteiger partial charge in [0.05, 0.1) is 0 Å². The van der Waals surface area contributed by atoms with Gasteiger partial charge in [-0.1, -0.05) is 0 Å². The normalized spacial score (nSPS) is 10.7. The molecule has 1 heterocycles. The second-order valence-corrected chi connectivity index (χ2v) is 7.68. The summed E-state index contributed by atoms with van der Waals surface area (Å²) in [6.07, 6.45) is 6.58. The van der Waals surface area contributed by atoms with Gasteiger partial charge >= 0.3 is 138 Å². The van der Waals surface area contributed by atoms with Crippen molar-refractivity contribution in [2.24, 2.45) is 0 Å². The summed E-state index contributed by atoms with van der Waals surface area (Å²) in [6, 6.07) is 21.3. The van der Waals surface area contributed by atoms with Crippen LogP contribution in [0.2, 0.25) is 5.32 Å². The Balaban J connectivity index is 1.42. The molecule has 0 atom stereocenters. The quantitative estimate of drug-likeness (QED) is 0.466. The third kappa shape index (κ3) is 4.33. The number of unbranched alkanes of at least 4 members (excludes halogenated alkanes) is 1. The van der Waals surface area contributed by atoms with E-state index in [-0.39, 0.29) is 0 Å². The van der Waals surface area contributed by atoms with E-state index in [9.17, 15) is 0 Å². The molecule has 0 saturated carbocycles. The summed E-state index contributed by atoms with van der Waals surface area (Å²) >= 11 is 0.612. The number of rotatable bonds is 7. The van der Waals surface area contributed by atoms with Crippen molar-refractivity contribution >= 4 is 19.4 Å². The summed E-state index contributed by atoms with van der Waals surface area (Å²) in [4.78, 5) is 0. The van der Waals surface area contributed by atoms with Crippen LogP contribution < -0.4 is 4.46 Å². The van der Waals surface area contributed by atoms with Crippen molar-refractivity contribution in [1.82, 2.24) is 9.78 Å². The predicted molar refractivity (Wildman–Crippen MR) is 93.5 cm³/mol. The predicted octanol–water partition coefficient (Wildman–Crippen LogP) is 3.78. The summed E-state index contributed by atoms with van der Waals surface area (Å²) in [6.45, 7) is 1.01. The zero-order chi connectivity index (χ0) is 15.0. The molecule has 0 aliphatic heterocycles. The molecule has 0 radical (unpaired) electrons. The molecule has 0 aliphatic rings. The van der Waals surface area contributed by atoms with E-state index in [0.717, 1.165) is 6.54 Å². The molecule has 0 N–H and O–H groups in total. The number of hydrogen-bond acceptors (Lipinski definition) is 1. The summed E-state index contributed by atoms with van der Waals surface area (Å²) in [7, 11) is 0. The van der Waals surface area contributed by atoms with Crippen LogP contribution in [0.5, 0.6) is 0 Å². The summed E-state index contributed by atoms with van der Waals surface area (Å²) in [5.74, 6) is 0. The number of nitrogens with zero attached hydrogens (tertiary/aromatic N) is 2. The average molecular weight is 355 g/mol. The number of hydrogen-bond donors (Lipinski definition) is 0. The van der Waals surface area contributed by atoms with Crippen molar-refractivity contribution in [1.29, 1.82) is 0 Å². The molecular formula is C19H20N2Se. The fourth-order valence-electron chi connectivity index (χ4n) is 2.35. The Bertz CT molecular complexity index is 677. The summed E-state index contributed by atoms with van der Waals surface area (Å²) < 4.78 is 3.57. The van der Waals surface area contributed by atoms with Crippen molar-refractivity contribution in [2.75, 3.05) is 0 Å². The Hall–Kier alpha value is -1.83. The first-order valence-electron chi connectivity index (χ1n) is 7.67. The Morgan fingerprint density at radius 1 is 0.818 bits per heavy atom. The van der Waals surface area contributed by atoms with Gasteiger partial charge in [0.25, 0.3) is 0 Å². The van der Waals surface area contributed by atoms with Crippen LogP contribution in [0.1, 0.15) is 12.8 Å². The van der Waals surface area contributed by atoms with Crippen LogP contribution in [-0.4, -0.2) is 24.7 Å². The Morgan fingerprint density at radius 3 is 2.32 bits per heavy atom. The van der Waals surface area contributed by atoms with E-state index < -0.39 is 0 Å². The van der Waals surface area contributed by atoms with Crippen LogP contribution in [0.3, 0.4) is 0 Å². The van der Waals surface area contributed by atoms with Crippen LogP contribution in [0.15, 0.2) is 73.1 Å². The van der Waals surface area contributed by atoms with Gasteiger partial charge in [-0.25, -0.2) is 0 Å². The molecule has 3 aromatic rings. The van der Waals surface area contributed by atoms with Gasteiger partial charge in [-0.2, -0.15) is 0 Å². The van der Waals surface area contributed by atoms with Gasteiger partial charge in [0, 0.05) is 0 Å². The number of aryl methyl sites for hydroxylation is 1. The Labute approximate surface area is 138 Å². The SMILES string of the molecule is c1ccc([Se]CCCCn2cc(-c3ccccc3)cn2)cc1. The van der Waals surface area contributed by atoms with Crippen molar-refractivity contribution in [3.63, 3.8) is 0 Å². The standard InChI is InChI=1S/C19H20N2Se/c1-3-9-17(10-4-1)18-15-20-21(16-18)13-7-8-14-22-19-11-5-2-6-12-19/h1-6,9-12,15-16H,7-8,13-14H2. The molecule has 0 spiro atoms. The number of benzene rings is 2. The topological polar surface area (TPSA) is 17.8 Å². The first-order valence-corrected chi connectivity index (χ1v) is 9.74. The molecule has 0 unspecified atom stereocenters. The van der Waals surface area contributed by atoms with Crippen LogP contribution in [0.25, 0.3) is 11.1 Å². The minimum atomic E-state index is 0.612. The molecule has 2 aromatic carbocycles. The molecule has 3 heteroatoms. The summed E-state index contributed by atoms with van der Waals surface area (Å²) in [5, 5.41) is 5.78. The third-order valence-electron chi connectivity index (χ3n) is 3.53. The molecule has 3 rings (SSSR count). The van der Waals surface area contributed by atoms with Crippen LogP contribution >= 0.6 is 0 Å². The number of aromatic nitrogens is 2. The third-order valence-corrected chi connectivity index (χ3v) is 5.84. The van der Waals surface area contributed by atoms with E-state index in [1.54, 1.807) is 0 Å². The summed E-state index contributed by atoms with van der Waals surface area (Å²) in [5.41, 5.74) is 2.44. The van der Waals surface area contributed by atoms with Crippen molar-refractivity contribution in [3.05, 3.63) is 73.1 Å². The molecule has 2 nitrogen and oxygen atoms in total. The van der Waals surface area contributed by atoms with Gasteiger partial charge in [-0.05, 0) is 0 Å². The van der Waals surface area contributed by atoms with Crippen LogP contribution in [-0.2, 0) is 6.54 Å². The van der Waals surface area contributed by atoms with Gasteiger partial charge in [-0.3, -0.25) is 0 Å². The van der Waals surface area contributed by atoms with Crippen LogP contribution in [0.4, 0.5) is 0 Å². The monoisotopic (exact) mass is 356 g/mol. The van der Waals surface area contributed by atoms with Crippen molar-refractivity contribution in [3.8, 4) is 11.1 Å². The van der Waals surface area contributed by atoms with Crippen LogP contribution in [0, 0.1) is 0 Å². The van der Waals surface area contributed by atoms with E-state index >= 15 is 0 Å². The second kappa shape index (κ2) is 7.98. The van der Waals surface area contributed by atoms with Gasteiger partial charge in [-0.15, -0.1) is 0 Å². The fraction of sp³-hybridized carbons (Fsp3) is 0.211. The molecule has 1 aromatic heterocycles. The first kappa shape index (κ1) is 15.1. The van der Waals surface area contributed by atoms with Gasteiger partial charge in [0.1, 0.15) is 0 Å². The molecular weight excluding hydrogens is 335 g/mol. The van der Waals surface area contributed by atoms with E-state index in [4.69, 9.17) is 0 Å². The van der Waals surface area contributed by atoms with Crippen molar-refractivity contribution < 1.29 is 0 Å². The second-order valence-electron chi connectivity index (χ2n) is 5.23. The Morgan fingerprint density at radius 2 is 1.55 bits per heavy atom. The molecule has 112 valence electrons. The van der Waals surface area contributed by atoms with E-state index in [1.165, 1.54) is 33.7 Å². The molecule has 0 aliphatic carbocycles. The van der Waals surface area contributed by atoms with E-state index in [2.05, 4.69) is 70.6 Å². The maximum absolute atomic E-state index is 4.47. The zero-order valence-corrected chi connectivity index (χ0v) is 14.3. The fourth-order valence-corrected chi connectivity index (χ4v) is 4.31. The van der Waals surface area contributed by atoms with E-state index in [0.29, 0.717) is 15.0 Å². The van der Waals surface area contributed by atoms with Gasteiger partial charge in [0.2, 0.25) is 0 Å². The van der Waals surface area contributed by atoms with Crippen molar-refractivity contribution in [2.45, 2.75) is 24.7 Å². The molecule has 0 amide bonds. The minimum absolute atomic E-state index is 0.612. The molecule has 22 heavy (non-hydrogen) atoms. The molecule has 0 saturated heterocycles. The van der Waals surface area contributed by atoms with E-state index in [1.807, 2.05) is 12.3 Å². The zero-order valence-electron chi connectivity index (χ0n) is 12.6. The molecule has 0 fully saturated rings. The molecule has 0 bridgehead atoms. The Kier molecular flexibility index (Phi) is 5.47. The van der Waals surface area contributed by atoms with Gasteiger partial charge in [0.15, 0.2) is 0 Å². The van der Waals surface area contributed by atoms with Gasteiger partial charge < -0.3 is 0 Å².